The van der Waals surface area contributed by atoms with E-state index >= 15 is 0 Å². The summed E-state index contributed by atoms with van der Waals surface area (Å²) in [5.41, 5.74) is 3.15. The lowest BCUT2D eigenvalue weighted by Gasteiger charge is -2.26. The molecule has 3 heterocycles. The van der Waals surface area contributed by atoms with Crippen LogP contribution in [0, 0.1) is 13.8 Å². The Bertz CT molecular complexity index is 778. The zero-order valence-corrected chi connectivity index (χ0v) is 15.7. The topological polar surface area (TPSA) is 89.1 Å². The average molecular weight is 346 g/mol. The molecular formula is C17H26N6O2. The molecule has 0 bridgehead atoms. The summed E-state index contributed by atoms with van der Waals surface area (Å²) in [5, 5.41) is 16.1. The highest BCUT2D eigenvalue weighted by atomic mass is 16.4. The quantitative estimate of drug-likeness (QED) is 0.885. The molecule has 1 saturated heterocycles. The van der Waals surface area contributed by atoms with Crippen LogP contribution in [0.3, 0.4) is 0 Å². The number of likely N-dealkylation sites (tertiary alicyclic amines) is 1. The zero-order valence-electron chi connectivity index (χ0n) is 15.7. The van der Waals surface area contributed by atoms with Crippen molar-refractivity contribution >= 4 is 5.91 Å². The van der Waals surface area contributed by atoms with Crippen molar-refractivity contribution in [2.45, 2.75) is 58.7 Å². The molecule has 1 N–H and O–H groups in total. The predicted molar refractivity (Wildman–Crippen MR) is 91.8 cm³/mol. The van der Waals surface area contributed by atoms with Gasteiger partial charge in [0.2, 0.25) is 17.7 Å². The van der Waals surface area contributed by atoms with Gasteiger partial charge >= 0.3 is 0 Å². The molecule has 136 valence electrons. The Balaban J connectivity index is 1.80. The first-order valence-corrected chi connectivity index (χ1v) is 8.61. The molecule has 0 saturated carbocycles. The van der Waals surface area contributed by atoms with Crippen molar-refractivity contribution in [3.8, 4) is 0 Å². The molecule has 2 aromatic rings. The van der Waals surface area contributed by atoms with Crippen molar-refractivity contribution < 1.29 is 9.21 Å². The van der Waals surface area contributed by atoms with Crippen molar-refractivity contribution in [1.82, 2.24) is 30.2 Å². The first kappa shape index (κ1) is 17.6. The third kappa shape index (κ3) is 3.18. The lowest BCUT2D eigenvalue weighted by molar-refractivity contribution is -0.127. The van der Waals surface area contributed by atoms with Crippen LogP contribution in [0.15, 0.2) is 4.42 Å². The van der Waals surface area contributed by atoms with E-state index in [1.54, 1.807) is 0 Å². The van der Waals surface area contributed by atoms with Gasteiger partial charge in [0.15, 0.2) is 0 Å². The standard InChI is InChI=1S/C17H26N6O2/c1-9(2)17-20-19-13(25-17)8-18-12-7-14(24)22(5)16(12)15-10(3)21-23(6)11(15)4/h9,12,16,18H,7-8H2,1-6H3/t12-,16-/m1/s1. The van der Waals surface area contributed by atoms with Crippen LogP contribution in [0.25, 0.3) is 0 Å². The molecule has 0 spiro atoms. The van der Waals surface area contributed by atoms with Crippen LogP contribution in [-0.4, -0.2) is 43.9 Å². The van der Waals surface area contributed by atoms with E-state index in [4.69, 9.17) is 4.42 Å². The van der Waals surface area contributed by atoms with Crippen LogP contribution < -0.4 is 5.32 Å². The van der Waals surface area contributed by atoms with Crippen molar-refractivity contribution in [2.24, 2.45) is 7.05 Å². The Hall–Kier alpha value is -2.22. The van der Waals surface area contributed by atoms with Gasteiger partial charge in [-0.2, -0.15) is 5.10 Å². The summed E-state index contributed by atoms with van der Waals surface area (Å²) in [4.78, 5) is 14.1. The second-order valence-corrected chi connectivity index (χ2v) is 7.04. The van der Waals surface area contributed by atoms with E-state index in [-0.39, 0.29) is 23.9 Å². The molecule has 8 heteroatoms. The molecule has 25 heavy (non-hydrogen) atoms. The molecule has 3 rings (SSSR count). The zero-order chi connectivity index (χ0) is 18.3. The van der Waals surface area contributed by atoms with Crippen LogP contribution in [0.4, 0.5) is 0 Å². The summed E-state index contributed by atoms with van der Waals surface area (Å²) in [7, 11) is 3.78. The monoisotopic (exact) mass is 346 g/mol. The number of likely N-dealkylation sites (N-methyl/N-ethyl adjacent to an activating group) is 1. The van der Waals surface area contributed by atoms with Crippen molar-refractivity contribution in [1.29, 1.82) is 0 Å². The van der Waals surface area contributed by atoms with Crippen molar-refractivity contribution in [3.63, 3.8) is 0 Å². The van der Waals surface area contributed by atoms with Gasteiger partial charge in [0, 0.05) is 43.7 Å². The summed E-state index contributed by atoms with van der Waals surface area (Å²) >= 11 is 0. The van der Waals surface area contributed by atoms with E-state index in [2.05, 4.69) is 20.6 Å². The van der Waals surface area contributed by atoms with Crippen molar-refractivity contribution in [2.75, 3.05) is 7.05 Å². The maximum atomic E-state index is 12.3. The summed E-state index contributed by atoms with van der Waals surface area (Å²) < 4.78 is 7.52. The van der Waals surface area contributed by atoms with Crippen LogP contribution >= 0.6 is 0 Å². The summed E-state index contributed by atoms with van der Waals surface area (Å²) in [6, 6.07) is -0.0674. The maximum Gasteiger partial charge on any atom is 0.230 e. The number of carbonyl (C=O) groups excluding carboxylic acids is 1. The van der Waals surface area contributed by atoms with Gasteiger partial charge in [0.25, 0.3) is 0 Å². The van der Waals surface area contributed by atoms with Gasteiger partial charge in [0.1, 0.15) is 0 Å². The van der Waals surface area contributed by atoms with E-state index in [1.165, 1.54) is 0 Å². The van der Waals surface area contributed by atoms with Gasteiger partial charge in [-0.15, -0.1) is 10.2 Å². The number of carbonyl (C=O) groups is 1. The summed E-state index contributed by atoms with van der Waals surface area (Å²) in [5.74, 6) is 1.50. The number of nitrogens with one attached hydrogen (secondary N) is 1. The first-order chi connectivity index (χ1) is 11.8. The van der Waals surface area contributed by atoms with E-state index in [0.29, 0.717) is 24.7 Å². The van der Waals surface area contributed by atoms with E-state index in [0.717, 1.165) is 17.0 Å². The Morgan fingerprint density at radius 1 is 1.28 bits per heavy atom. The number of rotatable bonds is 5. The molecule has 0 radical (unpaired) electrons. The van der Waals surface area contributed by atoms with E-state index in [9.17, 15) is 4.79 Å². The van der Waals surface area contributed by atoms with Gasteiger partial charge in [-0.1, -0.05) is 13.8 Å². The van der Waals surface area contributed by atoms with E-state index in [1.807, 2.05) is 51.4 Å². The third-order valence-corrected chi connectivity index (χ3v) is 4.94. The number of hydrogen-bond acceptors (Lipinski definition) is 6. The number of amides is 1. The molecular weight excluding hydrogens is 320 g/mol. The minimum Gasteiger partial charge on any atom is -0.424 e. The highest BCUT2D eigenvalue weighted by Gasteiger charge is 2.41. The Kier molecular flexibility index (Phi) is 4.64. The molecule has 1 aliphatic heterocycles. The van der Waals surface area contributed by atoms with Gasteiger partial charge < -0.3 is 14.6 Å². The van der Waals surface area contributed by atoms with Gasteiger partial charge in [0.05, 0.1) is 18.3 Å². The average Bonchev–Trinajstić information content (AvgIpc) is 3.19. The van der Waals surface area contributed by atoms with Gasteiger partial charge in [-0.3, -0.25) is 9.48 Å². The largest absolute Gasteiger partial charge is 0.424 e. The highest BCUT2D eigenvalue weighted by Crippen LogP contribution is 2.35. The first-order valence-electron chi connectivity index (χ1n) is 8.61. The number of nitrogens with zero attached hydrogens (tertiary/aromatic N) is 5. The molecule has 0 aromatic carbocycles. The van der Waals surface area contributed by atoms with Gasteiger partial charge in [-0.25, -0.2) is 0 Å². The number of aryl methyl sites for hydroxylation is 2. The molecule has 1 aliphatic rings. The van der Waals surface area contributed by atoms with E-state index < -0.39 is 0 Å². The molecule has 0 aliphatic carbocycles. The second-order valence-electron chi connectivity index (χ2n) is 7.04. The Labute approximate surface area is 147 Å². The van der Waals surface area contributed by atoms with Crippen LogP contribution in [0.5, 0.6) is 0 Å². The SMILES string of the molecule is Cc1nn(C)c(C)c1[C@H]1[C@H](NCc2nnc(C(C)C)o2)CC(=O)N1C. The summed E-state index contributed by atoms with van der Waals surface area (Å²) in [6.45, 7) is 8.50. The molecule has 1 amide bonds. The fourth-order valence-electron chi connectivity index (χ4n) is 3.46. The Morgan fingerprint density at radius 2 is 2.00 bits per heavy atom. The van der Waals surface area contributed by atoms with Crippen LogP contribution in [-0.2, 0) is 18.4 Å². The van der Waals surface area contributed by atoms with Crippen LogP contribution in [0.2, 0.25) is 0 Å². The highest BCUT2D eigenvalue weighted by molar-refractivity contribution is 5.80. The third-order valence-electron chi connectivity index (χ3n) is 4.94. The number of hydrogen-bond donors (Lipinski definition) is 1. The molecule has 1 fully saturated rings. The molecule has 8 nitrogen and oxygen atoms in total. The minimum atomic E-state index is -0.0475. The fraction of sp³-hybridized carbons (Fsp3) is 0.647. The van der Waals surface area contributed by atoms with Crippen molar-refractivity contribution in [3.05, 3.63) is 28.7 Å². The Morgan fingerprint density at radius 3 is 2.56 bits per heavy atom. The molecule has 0 unspecified atom stereocenters. The predicted octanol–water partition coefficient (Wildman–Crippen LogP) is 1.60. The normalized spacial score (nSPS) is 20.9. The number of aromatic nitrogens is 4. The molecule has 2 atom stereocenters. The maximum absolute atomic E-state index is 12.3. The lowest BCUT2D eigenvalue weighted by Crippen LogP contribution is -2.35. The van der Waals surface area contributed by atoms with Gasteiger partial charge in [-0.05, 0) is 13.8 Å². The lowest BCUT2D eigenvalue weighted by atomic mass is 9.98. The summed E-state index contributed by atoms with van der Waals surface area (Å²) in [6.07, 6.45) is 0.445. The van der Waals surface area contributed by atoms with Crippen LogP contribution in [0.1, 0.15) is 61.0 Å². The minimum absolute atomic E-state index is 0.0199. The second kappa shape index (κ2) is 6.59. The fourth-order valence-corrected chi connectivity index (χ4v) is 3.46. The molecule has 2 aromatic heterocycles. The smallest absolute Gasteiger partial charge is 0.230 e.